The first-order chi connectivity index (χ1) is 9.12. The molecule has 5 nitrogen and oxygen atoms in total. The molecule has 0 spiro atoms. The Morgan fingerprint density at radius 2 is 2.16 bits per heavy atom. The molecule has 0 saturated heterocycles. The Hall–Kier alpha value is -1.75. The van der Waals surface area contributed by atoms with E-state index in [4.69, 9.17) is 15.2 Å². The standard InChI is InChI=1S/C14H22N2O3/c1-4-5-11(9-18-2)16-13-8-10(14(17)19-3)6-7-12(13)15/h6-8,11,16H,4-5,9,15H2,1-3H3. The topological polar surface area (TPSA) is 73.6 Å². The molecule has 5 heteroatoms. The van der Waals surface area contributed by atoms with Gasteiger partial charge in [-0.1, -0.05) is 13.3 Å². The minimum Gasteiger partial charge on any atom is -0.465 e. The third-order valence-corrected chi connectivity index (χ3v) is 2.84. The van der Waals surface area contributed by atoms with E-state index in [1.807, 2.05) is 0 Å². The van der Waals surface area contributed by atoms with Gasteiger partial charge >= 0.3 is 5.97 Å². The zero-order valence-corrected chi connectivity index (χ0v) is 11.7. The van der Waals surface area contributed by atoms with Gasteiger partial charge in [-0.3, -0.25) is 0 Å². The molecule has 0 aromatic heterocycles. The van der Waals surface area contributed by atoms with Crippen LogP contribution in [0, 0.1) is 0 Å². The maximum absolute atomic E-state index is 11.5. The number of carbonyl (C=O) groups excluding carboxylic acids is 1. The molecular formula is C14H22N2O3. The number of ether oxygens (including phenoxy) is 2. The van der Waals surface area contributed by atoms with Gasteiger partial charge in [-0.25, -0.2) is 4.79 Å². The first-order valence-electron chi connectivity index (χ1n) is 6.35. The molecule has 0 bridgehead atoms. The molecule has 0 aliphatic rings. The molecule has 19 heavy (non-hydrogen) atoms. The number of benzene rings is 1. The average Bonchev–Trinajstić information content (AvgIpc) is 2.41. The summed E-state index contributed by atoms with van der Waals surface area (Å²) in [5, 5.41) is 3.31. The van der Waals surface area contributed by atoms with E-state index >= 15 is 0 Å². The van der Waals surface area contributed by atoms with Crippen LogP contribution in [0.3, 0.4) is 0 Å². The maximum atomic E-state index is 11.5. The summed E-state index contributed by atoms with van der Waals surface area (Å²) in [7, 11) is 3.02. The number of nitrogens with two attached hydrogens (primary N) is 1. The monoisotopic (exact) mass is 266 g/mol. The van der Waals surface area contributed by atoms with Crippen molar-refractivity contribution in [3.8, 4) is 0 Å². The van der Waals surface area contributed by atoms with Crippen molar-refractivity contribution in [3.63, 3.8) is 0 Å². The van der Waals surface area contributed by atoms with Crippen molar-refractivity contribution >= 4 is 17.3 Å². The zero-order valence-electron chi connectivity index (χ0n) is 11.7. The molecule has 0 aliphatic carbocycles. The zero-order chi connectivity index (χ0) is 14.3. The molecule has 3 N–H and O–H groups in total. The first kappa shape index (κ1) is 15.3. The number of carbonyl (C=O) groups is 1. The fourth-order valence-electron chi connectivity index (χ4n) is 1.89. The molecule has 0 amide bonds. The van der Waals surface area contributed by atoms with Gasteiger partial charge in [0.1, 0.15) is 0 Å². The van der Waals surface area contributed by atoms with E-state index in [0.29, 0.717) is 17.9 Å². The Morgan fingerprint density at radius 1 is 1.42 bits per heavy atom. The van der Waals surface area contributed by atoms with Gasteiger partial charge in [-0.2, -0.15) is 0 Å². The van der Waals surface area contributed by atoms with Gasteiger partial charge in [-0.05, 0) is 24.6 Å². The molecule has 1 aromatic carbocycles. The van der Waals surface area contributed by atoms with Crippen molar-refractivity contribution in [2.45, 2.75) is 25.8 Å². The van der Waals surface area contributed by atoms with E-state index in [2.05, 4.69) is 12.2 Å². The number of hydrogen-bond acceptors (Lipinski definition) is 5. The second-order valence-corrected chi connectivity index (χ2v) is 4.38. The Labute approximate surface area is 114 Å². The van der Waals surface area contributed by atoms with Crippen LogP contribution in [0.25, 0.3) is 0 Å². The van der Waals surface area contributed by atoms with Crippen LogP contribution in [0.5, 0.6) is 0 Å². The fourth-order valence-corrected chi connectivity index (χ4v) is 1.89. The van der Waals surface area contributed by atoms with Gasteiger partial charge in [0.05, 0.1) is 30.7 Å². The molecular weight excluding hydrogens is 244 g/mol. The minimum absolute atomic E-state index is 0.171. The summed E-state index contributed by atoms with van der Waals surface area (Å²) < 4.78 is 9.87. The van der Waals surface area contributed by atoms with Gasteiger partial charge in [0.15, 0.2) is 0 Å². The Balaban J connectivity index is 2.88. The number of anilines is 2. The van der Waals surface area contributed by atoms with Crippen LogP contribution in [-0.4, -0.2) is 32.8 Å². The second-order valence-electron chi connectivity index (χ2n) is 4.38. The maximum Gasteiger partial charge on any atom is 0.337 e. The quantitative estimate of drug-likeness (QED) is 0.585. The van der Waals surface area contributed by atoms with Gasteiger partial charge < -0.3 is 20.5 Å². The van der Waals surface area contributed by atoms with Crippen molar-refractivity contribution in [2.75, 3.05) is 31.9 Å². The Bertz CT molecular complexity index is 415. The van der Waals surface area contributed by atoms with E-state index in [-0.39, 0.29) is 12.0 Å². The van der Waals surface area contributed by atoms with Gasteiger partial charge in [-0.15, -0.1) is 0 Å². The number of hydrogen-bond donors (Lipinski definition) is 2. The smallest absolute Gasteiger partial charge is 0.337 e. The molecule has 1 atom stereocenters. The summed E-state index contributed by atoms with van der Waals surface area (Å²) in [6.07, 6.45) is 2.01. The predicted octanol–water partition coefficient (Wildman–Crippen LogP) is 2.28. The Morgan fingerprint density at radius 3 is 2.74 bits per heavy atom. The second kappa shape index (κ2) is 7.63. The molecule has 0 radical (unpaired) electrons. The molecule has 0 heterocycles. The molecule has 1 rings (SSSR count). The largest absolute Gasteiger partial charge is 0.465 e. The van der Waals surface area contributed by atoms with Gasteiger partial charge in [0.2, 0.25) is 0 Å². The molecule has 0 aliphatic heterocycles. The molecule has 106 valence electrons. The summed E-state index contributed by atoms with van der Waals surface area (Å²) in [4.78, 5) is 11.5. The summed E-state index contributed by atoms with van der Waals surface area (Å²) in [6.45, 7) is 2.70. The van der Waals surface area contributed by atoms with Gasteiger partial charge in [0, 0.05) is 13.2 Å². The highest BCUT2D eigenvalue weighted by Crippen LogP contribution is 2.22. The predicted molar refractivity (Wildman–Crippen MR) is 76.4 cm³/mol. The third-order valence-electron chi connectivity index (χ3n) is 2.84. The molecule has 1 unspecified atom stereocenters. The fraction of sp³-hybridized carbons (Fsp3) is 0.500. The summed E-state index contributed by atoms with van der Waals surface area (Å²) in [5.41, 5.74) is 7.73. The lowest BCUT2D eigenvalue weighted by atomic mass is 10.1. The molecule has 1 aromatic rings. The minimum atomic E-state index is -0.373. The summed E-state index contributed by atoms with van der Waals surface area (Å²) in [5.74, 6) is -0.373. The lowest BCUT2D eigenvalue weighted by molar-refractivity contribution is 0.0601. The third kappa shape index (κ3) is 4.44. The van der Waals surface area contributed by atoms with E-state index in [0.717, 1.165) is 18.5 Å². The van der Waals surface area contributed by atoms with E-state index in [1.165, 1.54) is 7.11 Å². The van der Waals surface area contributed by atoms with Crippen LogP contribution in [0.4, 0.5) is 11.4 Å². The average molecular weight is 266 g/mol. The van der Waals surface area contributed by atoms with Crippen molar-refractivity contribution in [2.24, 2.45) is 0 Å². The van der Waals surface area contributed by atoms with Crippen LogP contribution in [-0.2, 0) is 9.47 Å². The van der Waals surface area contributed by atoms with Crippen LogP contribution in [0.2, 0.25) is 0 Å². The van der Waals surface area contributed by atoms with Crippen LogP contribution in [0.15, 0.2) is 18.2 Å². The first-order valence-corrected chi connectivity index (χ1v) is 6.35. The van der Waals surface area contributed by atoms with Crippen LogP contribution in [0.1, 0.15) is 30.1 Å². The lowest BCUT2D eigenvalue weighted by Crippen LogP contribution is -2.25. The van der Waals surface area contributed by atoms with Crippen molar-refractivity contribution in [3.05, 3.63) is 23.8 Å². The van der Waals surface area contributed by atoms with Crippen LogP contribution >= 0.6 is 0 Å². The Kier molecular flexibility index (Phi) is 6.15. The SMILES string of the molecule is CCCC(COC)Nc1cc(C(=O)OC)ccc1N. The molecule has 0 fully saturated rings. The van der Waals surface area contributed by atoms with Crippen molar-refractivity contribution in [1.29, 1.82) is 0 Å². The van der Waals surface area contributed by atoms with Crippen molar-refractivity contribution < 1.29 is 14.3 Å². The number of methoxy groups -OCH3 is 2. The summed E-state index contributed by atoms with van der Waals surface area (Å²) in [6, 6.07) is 5.23. The van der Waals surface area contributed by atoms with E-state index in [9.17, 15) is 4.79 Å². The summed E-state index contributed by atoms with van der Waals surface area (Å²) >= 11 is 0. The van der Waals surface area contributed by atoms with Crippen molar-refractivity contribution in [1.82, 2.24) is 0 Å². The number of esters is 1. The van der Waals surface area contributed by atoms with E-state index < -0.39 is 0 Å². The number of nitrogen functional groups attached to an aromatic ring is 1. The highest BCUT2D eigenvalue weighted by atomic mass is 16.5. The molecule has 0 saturated carbocycles. The van der Waals surface area contributed by atoms with E-state index in [1.54, 1.807) is 25.3 Å². The number of nitrogens with one attached hydrogen (secondary N) is 1. The van der Waals surface area contributed by atoms with Gasteiger partial charge in [0.25, 0.3) is 0 Å². The highest BCUT2D eigenvalue weighted by molar-refractivity contribution is 5.91. The van der Waals surface area contributed by atoms with Crippen LogP contribution < -0.4 is 11.1 Å². The lowest BCUT2D eigenvalue weighted by Gasteiger charge is -2.20. The normalized spacial score (nSPS) is 11.9. The number of rotatable bonds is 7. The highest BCUT2D eigenvalue weighted by Gasteiger charge is 2.12.